The van der Waals surface area contributed by atoms with Crippen molar-refractivity contribution in [2.45, 2.75) is 18.5 Å². The summed E-state index contributed by atoms with van der Waals surface area (Å²) in [6, 6.07) is 32.5. The van der Waals surface area contributed by atoms with Crippen molar-refractivity contribution in [1.29, 1.82) is 5.26 Å². The van der Waals surface area contributed by atoms with E-state index in [1.54, 1.807) is 0 Å². The lowest BCUT2D eigenvalue weighted by atomic mass is 9.97. The van der Waals surface area contributed by atoms with Gasteiger partial charge in [0.1, 0.15) is 0 Å². The molecule has 0 aromatic heterocycles. The number of nitrogens with zero attached hydrogens (tertiary/aromatic N) is 3. The van der Waals surface area contributed by atoms with Gasteiger partial charge in [-0.15, -0.1) is 0 Å². The van der Waals surface area contributed by atoms with Crippen molar-refractivity contribution in [2.24, 2.45) is 5.10 Å². The second-order valence-corrected chi connectivity index (χ2v) is 6.37. The molecule has 0 amide bonds. The van der Waals surface area contributed by atoms with Crippen LogP contribution in [0.1, 0.15) is 35.2 Å². The molecule has 1 heterocycles. The second-order valence-electron chi connectivity index (χ2n) is 6.37. The topological polar surface area (TPSA) is 39.4 Å². The first kappa shape index (κ1) is 16.1. The van der Waals surface area contributed by atoms with Gasteiger partial charge in [0.2, 0.25) is 0 Å². The Hall–Kier alpha value is -3.38. The lowest BCUT2D eigenvalue weighted by Crippen LogP contribution is -2.24. The minimum Gasteiger partial charge on any atom is -0.267 e. The Morgan fingerprint density at radius 2 is 1.42 bits per heavy atom. The van der Waals surface area contributed by atoms with Gasteiger partial charge in [-0.3, -0.25) is 5.01 Å². The Bertz CT molecular complexity index is 927. The first-order valence-electron chi connectivity index (χ1n) is 8.77. The standard InChI is InChI=1S/C23H19N3/c24-17-23(20-14-8-3-9-15-20)26-22(19-12-6-2-7-13-19)16-21(25-26)18-10-4-1-5-11-18/h1-15,22-23H,16H2/t22-,23+/m1/s1. The maximum atomic E-state index is 9.90. The molecule has 1 aliphatic heterocycles. The number of benzene rings is 3. The van der Waals surface area contributed by atoms with Gasteiger partial charge in [0.15, 0.2) is 6.04 Å². The van der Waals surface area contributed by atoms with E-state index in [9.17, 15) is 5.26 Å². The summed E-state index contributed by atoms with van der Waals surface area (Å²) in [5.41, 5.74) is 4.28. The molecule has 0 spiro atoms. The van der Waals surface area contributed by atoms with Gasteiger partial charge in [0.25, 0.3) is 0 Å². The van der Waals surface area contributed by atoms with Crippen LogP contribution in [0.3, 0.4) is 0 Å². The zero-order valence-electron chi connectivity index (χ0n) is 14.4. The largest absolute Gasteiger partial charge is 0.267 e. The van der Waals surface area contributed by atoms with Crippen molar-refractivity contribution >= 4 is 5.71 Å². The van der Waals surface area contributed by atoms with Gasteiger partial charge >= 0.3 is 0 Å². The van der Waals surface area contributed by atoms with Gasteiger partial charge in [-0.05, 0) is 16.7 Å². The summed E-state index contributed by atoms with van der Waals surface area (Å²) < 4.78 is 0. The van der Waals surface area contributed by atoms with E-state index in [2.05, 4.69) is 30.3 Å². The van der Waals surface area contributed by atoms with Crippen LogP contribution < -0.4 is 0 Å². The fourth-order valence-corrected chi connectivity index (χ4v) is 3.44. The average molecular weight is 337 g/mol. The highest BCUT2D eigenvalue weighted by Gasteiger charge is 2.34. The summed E-state index contributed by atoms with van der Waals surface area (Å²) >= 11 is 0. The molecule has 1 aliphatic rings. The molecule has 0 saturated heterocycles. The number of hydrazone groups is 1. The Morgan fingerprint density at radius 1 is 0.846 bits per heavy atom. The summed E-state index contributed by atoms with van der Waals surface area (Å²) in [4.78, 5) is 0. The maximum Gasteiger partial charge on any atom is 0.159 e. The van der Waals surface area contributed by atoms with Gasteiger partial charge in [-0.25, -0.2) is 0 Å². The molecule has 26 heavy (non-hydrogen) atoms. The van der Waals surface area contributed by atoms with E-state index in [0.29, 0.717) is 0 Å². The molecule has 0 radical (unpaired) electrons. The molecule has 0 aliphatic carbocycles. The fraction of sp³-hybridized carbons (Fsp3) is 0.130. The van der Waals surface area contributed by atoms with E-state index in [1.165, 1.54) is 5.56 Å². The molecule has 0 N–H and O–H groups in total. The molecule has 3 aromatic carbocycles. The van der Waals surface area contributed by atoms with Crippen molar-refractivity contribution < 1.29 is 0 Å². The molecule has 0 fully saturated rings. The summed E-state index contributed by atoms with van der Waals surface area (Å²) in [7, 11) is 0. The molecule has 0 bridgehead atoms. The van der Waals surface area contributed by atoms with E-state index in [-0.39, 0.29) is 6.04 Å². The van der Waals surface area contributed by atoms with Crippen molar-refractivity contribution in [1.82, 2.24) is 5.01 Å². The number of hydrogen-bond acceptors (Lipinski definition) is 3. The van der Waals surface area contributed by atoms with Crippen LogP contribution in [0.4, 0.5) is 0 Å². The zero-order valence-corrected chi connectivity index (χ0v) is 14.4. The van der Waals surface area contributed by atoms with Gasteiger partial charge in [0.05, 0.1) is 17.8 Å². The normalized spacial score (nSPS) is 17.4. The SMILES string of the molecule is N#C[C@@H](c1ccccc1)N1N=C(c2ccccc2)C[C@@H]1c1ccccc1. The predicted molar refractivity (Wildman–Crippen MR) is 103 cm³/mol. The minimum absolute atomic E-state index is 0.0521. The number of rotatable bonds is 4. The molecular weight excluding hydrogens is 318 g/mol. The highest BCUT2D eigenvalue weighted by molar-refractivity contribution is 6.01. The molecule has 0 unspecified atom stereocenters. The van der Waals surface area contributed by atoms with Crippen LogP contribution in [0, 0.1) is 11.3 Å². The third-order valence-electron chi connectivity index (χ3n) is 4.74. The first-order chi connectivity index (χ1) is 12.9. The van der Waals surface area contributed by atoms with Crippen LogP contribution in [-0.4, -0.2) is 10.7 Å². The zero-order chi connectivity index (χ0) is 17.8. The summed E-state index contributed by atoms with van der Waals surface area (Å²) in [6.07, 6.45) is 0.791. The fourth-order valence-electron chi connectivity index (χ4n) is 3.44. The van der Waals surface area contributed by atoms with Crippen LogP contribution in [-0.2, 0) is 0 Å². The highest BCUT2D eigenvalue weighted by Crippen LogP contribution is 2.38. The third kappa shape index (κ3) is 3.10. The van der Waals surface area contributed by atoms with Crippen LogP contribution in [0.15, 0.2) is 96.1 Å². The monoisotopic (exact) mass is 337 g/mol. The lowest BCUT2D eigenvalue weighted by Gasteiger charge is -2.28. The molecule has 2 atom stereocenters. The van der Waals surface area contributed by atoms with E-state index in [1.807, 2.05) is 71.7 Å². The maximum absolute atomic E-state index is 9.90. The van der Waals surface area contributed by atoms with Crippen LogP contribution in [0.5, 0.6) is 0 Å². The van der Waals surface area contributed by atoms with E-state index >= 15 is 0 Å². The smallest absolute Gasteiger partial charge is 0.159 e. The Morgan fingerprint density at radius 3 is 2.04 bits per heavy atom. The quantitative estimate of drug-likeness (QED) is 0.664. The minimum atomic E-state index is -0.414. The van der Waals surface area contributed by atoms with Gasteiger partial charge < -0.3 is 0 Å². The first-order valence-corrected chi connectivity index (χ1v) is 8.77. The van der Waals surface area contributed by atoms with Crippen molar-refractivity contribution in [3.8, 4) is 6.07 Å². The number of hydrogen-bond donors (Lipinski definition) is 0. The summed E-state index contributed by atoms with van der Waals surface area (Å²) in [5.74, 6) is 0. The third-order valence-corrected chi connectivity index (χ3v) is 4.74. The molecule has 3 aromatic rings. The molecular formula is C23H19N3. The highest BCUT2D eigenvalue weighted by atomic mass is 15.5. The van der Waals surface area contributed by atoms with Gasteiger partial charge in [-0.1, -0.05) is 91.0 Å². The lowest BCUT2D eigenvalue weighted by molar-refractivity contribution is 0.196. The van der Waals surface area contributed by atoms with Gasteiger partial charge in [0, 0.05) is 6.42 Å². The van der Waals surface area contributed by atoms with Crippen LogP contribution >= 0.6 is 0 Å². The number of nitriles is 1. The van der Waals surface area contributed by atoms with Crippen molar-refractivity contribution in [3.63, 3.8) is 0 Å². The molecule has 3 heteroatoms. The summed E-state index contributed by atoms with van der Waals surface area (Å²) in [5, 5.41) is 16.8. The van der Waals surface area contributed by atoms with Crippen LogP contribution in [0.2, 0.25) is 0 Å². The second kappa shape index (κ2) is 7.25. The molecule has 126 valence electrons. The van der Waals surface area contributed by atoms with Crippen molar-refractivity contribution in [3.05, 3.63) is 108 Å². The summed E-state index contributed by atoms with van der Waals surface area (Å²) in [6.45, 7) is 0. The van der Waals surface area contributed by atoms with E-state index < -0.39 is 6.04 Å². The van der Waals surface area contributed by atoms with E-state index in [0.717, 1.165) is 23.3 Å². The molecule has 4 rings (SSSR count). The average Bonchev–Trinajstić information content (AvgIpc) is 3.16. The van der Waals surface area contributed by atoms with Gasteiger partial charge in [-0.2, -0.15) is 10.4 Å². The molecule has 0 saturated carbocycles. The van der Waals surface area contributed by atoms with E-state index in [4.69, 9.17) is 5.10 Å². The predicted octanol–water partition coefficient (Wildman–Crippen LogP) is 5.10. The molecule has 3 nitrogen and oxygen atoms in total. The Labute approximate surface area is 153 Å². The Kier molecular flexibility index (Phi) is 4.49. The van der Waals surface area contributed by atoms with Crippen molar-refractivity contribution in [2.75, 3.05) is 0 Å². The van der Waals surface area contributed by atoms with Crippen LogP contribution in [0.25, 0.3) is 0 Å². The Balaban J connectivity index is 1.76.